The molecule has 2 heterocycles. The van der Waals surface area contributed by atoms with Gasteiger partial charge in [0.15, 0.2) is 0 Å². The highest BCUT2D eigenvalue weighted by Gasteiger charge is 2.25. The second-order valence-electron chi connectivity index (χ2n) is 5.02. The third-order valence-electron chi connectivity index (χ3n) is 3.16. The molecule has 0 aliphatic carbocycles. The molecule has 2 aromatic heterocycles. The van der Waals surface area contributed by atoms with Crippen molar-refractivity contribution in [3.63, 3.8) is 0 Å². The van der Waals surface area contributed by atoms with Crippen LogP contribution in [0.1, 0.15) is 28.2 Å². The van der Waals surface area contributed by atoms with Crippen LogP contribution in [0.5, 0.6) is 0 Å². The molecule has 4 N–H and O–H groups in total. The molecule has 2 rings (SSSR count). The number of carboxylic acid groups (broad SMARTS) is 1. The van der Waals surface area contributed by atoms with E-state index in [-0.39, 0.29) is 5.69 Å². The van der Waals surface area contributed by atoms with Crippen molar-refractivity contribution in [3.05, 3.63) is 35.3 Å². The van der Waals surface area contributed by atoms with Crippen LogP contribution in [0.2, 0.25) is 0 Å². The molecular weight excluding hydrogens is 288 g/mol. The monoisotopic (exact) mass is 304 g/mol. The summed E-state index contributed by atoms with van der Waals surface area (Å²) in [5, 5.41) is 11.4. The Kier molecular flexibility index (Phi) is 4.11. The minimum atomic E-state index is -1.38. The van der Waals surface area contributed by atoms with Gasteiger partial charge in [-0.05, 0) is 25.5 Å². The molecule has 2 amide bonds. The molecule has 0 spiro atoms. The summed E-state index contributed by atoms with van der Waals surface area (Å²) in [7, 11) is 0. The van der Waals surface area contributed by atoms with Gasteiger partial charge < -0.3 is 16.2 Å². The van der Waals surface area contributed by atoms with Crippen LogP contribution in [0.3, 0.4) is 0 Å². The molecule has 0 aliphatic heterocycles. The standard InChI is InChI=1S/C14H16N4O4/c1-7-3-4-11-16-8(2)12(18(11)6-7)13(20)17-9(14(21)22)5-10(15)19/h3-4,6,9H,5H2,1-2H3,(H2,15,19)(H,17,20)(H,21,22). The number of amides is 2. The van der Waals surface area contributed by atoms with Crippen molar-refractivity contribution in [3.8, 4) is 0 Å². The summed E-state index contributed by atoms with van der Waals surface area (Å²) in [5.74, 6) is -2.75. The molecule has 8 nitrogen and oxygen atoms in total. The number of imidazole rings is 1. The Hall–Kier alpha value is -2.90. The first-order chi connectivity index (χ1) is 10.3. The van der Waals surface area contributed by atoms with Crippen LogP contribution in [0, 0.1) is 13.8 Å². The summed E-state index contributed by atoms with van der Waals surface area (Å²) < 4.78 is 1.59. The van der Waals surface area contributed by atoms with Gasteiger partial charge in [-0.1, -0.05) is 6.07 Å². The molecule has 0 fully saturated rings. The van der Waals surface area contributed by atoms with Gasteiger partial charge in [0.25, 0.3) is 5.91 Å². The molecule has 0 radical (unpaired) electrons. The molecule has 0 aliphatic rings. The van der Waals surface area contributed by atoms with E-state index in [1.54, 1.807) is 23.6 Å². The number of hydrogen-bond acceptors (Lipinski definition) is 4. The SMILES string of the molecule is Cc1ccc2nc(C)c(C(=O)NC(CC(N)=O)C(=O)O)n2c1. The molecular formula is C14H16N4O4. The molecule has 0 saturated heterocycles. The lowest BCUT2D eigenvalue weighted by Crippen LogP contribution is -2.43. The van der Waals surface area contributed by atoms with Crippen molar-refractivity contribution in [2.45, 2.75) is 26.3 Å². The maximum absolute atomic E-state index is 12.4. The van der Waals surface area contributed by atoms with Crippen LogP contribution >= 0.6 is 0 Å². The Morgan fingerprint density at radius 1 is 1.36 bits per heavy atom. The molecule has 22 heavy (non-hydrogen) atoms. The number of hydrogen-bond donors (Lipinski definition) is 3. The van der Waals surface area contributed by atoms with E-state index in [1.807, 2.05) is 13.0 Å². The summed E-state index contributed by atoms with van der Waals surface area (Å²) in [4.78, 5) is 38.6. The zero-order valence-corrected chi connectivity index (χ0v) is 12.2. The van der Waals surface area contributed by atoms with Crippen LogP contribution in [-0.4, -0.2) is 38.3 Å². The van der Waals surface area contributed by atoms with Crippen LogP contribution in [-0.2, 0) is 9.59 Å². The lowest BCUT2D eigenvalue weighted by molar-refractivity contribution is -0.140. The molecule has 2 aromatic rings. The van der Waals surface area contributed by atoms with Crippen LogP contribution in [0.15, 0.2) is 18.3 Å². The van der Waals surface area contributed by atoms with Crippen molar-refractivity contribution >= 4 is 23.4 Å². The minimum absolute atomic E-state index is 0.231. The molecule has 8 heteroatoms. The fourth-order valence-electron chi connectivity index (χ4n) is 2.17. The second-order valence-corrected chi connectivity index (χ2v) is 5.02. The Labute approximate surface area is 125 Å². The third kappa shape index (κ3) is 3.05. The summed E-state index contributed by atoms with van der Waals surface area (Å²) in [5.41, 5.74) is 7.19. The van der Waals surface area contributed by atoms with E-state index in [2.05, 4.69) is 10.3 Å². The van der Waals surface area contributed by atoms with E-state index in [4.69, 9.17) is 10.8 Å². The number of carboxylic acids is 1. The van der Waals surface area contributed by atoms with Gasteiger partial charge in [0, 0.05) is 6.20 Å². The van der Waals surface area contributed by atoms with Gasteiger partial charge in [0.2, 0.25) is 5.91 Å². The molecule has 0 aromatic carbocycles. The predicted octanol–water partition coefficient (Wildman–Crippen LogP) is 0.00954. The van der Waals surface area contributed by atoms with Crippen LogP contribution < -0.4 is 11.1 Å². The molecule has 0 saturated carbocycles. The van der Waals surface area contributed by atoms with Crippen molar-refractivity contribution in [2.75, 3.05) is 0 Å². The highest BCUT2D eigenvalue weighted by molar-refractivity contribution is 5.97. The molecule has 1 atom stereocenters. The first kappa shape index (κ1) is 15.5. The average Bonchev–Trinajstić information content (AvgIpc) is 2.72. The highest BCUT2D eigenvalue weighted by atomic mass is 16.4. The highest BCUT2D eigenvalue weighted by Crippen LogP contribution is 2.13. The fourth-order valence-corrected chi connectivity index (χ4v) is 2.17. The van der Waals surface area contributed by atoms with Gasteiger partial charge in [0.1, 0.15) is 17.4 Å². The third-order valence-corrected chi connectivity index (χ3v) is 3.16. The summed E-state index contributed by atoms with van der Waals surface area (Å²) >= 11 is 0. The number of nitrogens with zero attached hydrogens (tertiary/aromatic N) is 2. The number of nitrogens with two attached hydrogens (primary N) is 1. The number of nitrogens with one attached hydrogen (secondary N) is 1. The van der Waals surface area contributed by atoms with Crippen LogP contribution in [0.4, 0.5) is 0 Å². The van der Waals surface area contributed by atoms with E-state index in [1.165, 1.54) is 0 Å². The van der Waals surface area contributed by atoms with Crippen molar-refractivity contribution in [1.29, 1.82) is 0 Å². The Morgan fingerprint density at radius 2 is 2.05 bits per heavy atom. The second kappa shape index (κ2) is 5.84. The zero-order chi connectivity index (χ0) is 16.4. The average molecular weight is 304 g/mol. The Bertz CT molecular complexity index is 766. The van der Waals surface area contributed by atoms with Gasteiger partial charge in [-0.15, -0.1) is 0 Å². The lowest BCUT2D eigenvalue weighted by Gasteiger charge is -2.13. The quantitative estimate of drug-likeness (QED) is 0.717. The molecule has 1 unspecified atom stereocenters. The maximum atomic E-state index is 12.4. The van der Waals surface area contributed by atoms with Crippen LogP contribution in [0.25, 0.3) is 5.65 Å². The number of carbonyl (C=O) groups excluding carboxylic acids is 2. The number of pyridine rings is 1. The topological polar surface area (TPSA) is 127 Å². The summed E-state index contributed by atoms with van der Waals surface area (Å²) in [6.45, 7) is 3.52. The number of primary amides is 1. The van der Waals surface area contributed by atoms with Crippen molar-refractivity contribution in [1.82, 2.24) is 14.7 Å². The summed E-state index contributed by atoms with van der Waals surface area (Å²) in [6, 6.07) is 2.24. The van der Waals surface area contributed by atoms with Crippen molar-refractivity contribution in [2.24, 2.45) is 5.73 Å². The lowest BCUT2D eigenvalue weighted by atomic mass is 10.2. The van der Waals surface area contributed by atoms with E-state index < -0.39 is 30.2 Å². The number of aryl methyl sites for hydroxylation is 2. The minimum Gasteiger partial charge on any atom is -0.480 e. The molecule has 0 bridgehead atoms. The van der Waals surface area contributed by atoms with Gasteiger partial charge in [-0.2, -0.15) is 0 Å². The van der Waals surface area contributed by atoms with E-state index in [0.717, 1.165) is 5.56 Å². The van der Waals surface area contributed by atoms with Gasteiger partial charge >= 0.3 is 5.97 Å². The number of aromatic nitrogens is 2. The molecule has 116 valence electrons. The Morgan fingerprint density at radius 3 is 2.64 bits per heavy atom. The van der Waals surface area contributed by atoms with E-state index in [9.17, 15) is 14.4 Å². The summed E-state index contributed by atoms with van der Waals surface area (Å²) in [6.07, 6.45) is 1.25. The predicted molar refractivity (Wildman–Crippen MR) is 77.4 cm³/mol. The van der Waals surface area contributed by atoms with Gasteiger partial charge in [0.05, 0.1) is 12.1 Å². The van der Waals surface area contributed by atoms with Gasteiger partial charge in [-0.3, -0.25) is 14.0 Å². The fraction of sp³-hybridized carbons (Fsp3) is 0.286. The maximum Gasteiger partial charge on any atom is 0.326 e. The number of carbonyl (C=O) groups is 3. The smallest absolute Gasteiger partial charge is 0.326 e. The number of rotatable bonds is 5. The van der Waals surface area contributed by atoms with E-state index >= 15 is 0 Å². The first-order valence-electron chi connectivity index (χ1n) is 6.57. The van der Waals surface area contributed by atoms with E-state index in [0.29, 0.717) is 11.3 Å². The van der Waals surface area contributed by atoms with Gasteiger partial charge in [-0.25, -0.2) is 9.78 Å². The normalized spacial score (nSPS) is 12.1. The zero-order valence-electron chi connectivity index (χ0n) is 12.2. The first-order valence-corrected chi connectivity index (χ1v) is 6.57. The largest absolute Gasteiger partial charge is 0.480 e. The van der Waals surface area contributed by atoms with Crippen molar-refractivity contribution < 1.29 is 19.5 Å². The Balaban J connectivity index is 2.36. The number of aliphatic carboxylic acids is 1. The number of fused-ring (bicyclic) bond motifs is 1.